The number of nitrogens with zero attached hydrogens (tertiary/aromatic N) is 1. The first-order valence-corrected chi connectivity index (χ1v) is 7.11. The third-order valence-corrected chi connectivity index (χ3v) is 3.29. The van der Waals surface area contributed by atoms with Gasteiger partial charge in [0.25, 0.3) is 0 Å². The number of aryl methyl sites for hydroxylation is 2. The lowest BCUT2D eigenvalue weighted by atomic mass is 10.0. The summed E-state index contributed by atoms with van der Waals surface area (Å²) < 4.78 is 0. The predicted molar refractivity (Wildman–Crippen MR) is 80.1 cm³/mol. The van der Waals surface area contributed by atoms with Crippen LogP contribution < -0.4 is 4.90 Å². The fourth-order valence-electron chi connectivity index (χ4n) is 2.31. The van der Waals surface area contributed by atoms with Crippen LogP contribution >= 0.6 is 0 Å². The summed E-state index contributed by atoms with van der Waals surface area (Å²) in [4.78, 5) is 24.8. The minimum atomic E-state index is -0.883. The van der Waals surface area contributed by atoms with Gasteiger partial charge in [0.1, 0.15) is 0 Å². The summed E-state index contributed by atoms with van der Waals surface area (Å²) in [5, 5.41) is 8.88. The van der Waals surface area contributed by atoms with Gasteiger partial charge in [-0.05, 0) is 30.9 Å². The molecular formula is C16H23NO3. The van der Waals surface area contributed by atoms with Crippen LogP contribution in [0.2, 0.25) is 0 Å². The minimum Gasteiger partial charge on any atom is -0.481 e. The number of para-hydroxylation sites is 1. The topological polar surface area (TPSA) is 57.6 Å². The number of carbonyl (C=O) groups excluding carboxylic acids is 1. The molecule has 0 fully saturated rings. The molecule has 0 aliphatic heterocycles. The molecule has 0 radical (unpaired) electrons. The van der Waals surface area contributed by atoms with E-state index in [2.05, 4.69) is 0 Å². The molecule has 1 aromatic rings. The van der Waals surface area contributed by atoms with E-state index >= 15 is 0 Å². The minimum absolute atomic E-state index is 0.00208. The molecule has 0 aliphatic rings. The number of carboxylic acid groups (broad SMARTS) is 1. The van der Waals surface area contributed by atoms with Crippen LogP contribution in [0.1, 0.15) is 44.2 Å². The maximum Gasteiger partial charge on any atom is 0.305 e. The first-order valence-electron chi connectivity index (χ1n) is 7.11. The highest BCUT2D eigenvalue weighted by molar-refractivity contribution is 5.95. The maximum atomic E-state index is 12.3. The van der Waals surface area contributed by atoms with Crippen LogP contribution in [0.15, 0.2) is 18.2 Å². The molecule has 110 valence electrons. The number of carbonyl (C=O) groups is 2. The number of anilines is 1. The lowest BCUT2D eigenvalue weighted by molar-refractivity contribution is -0.136. The van der Waals surface area contributed by atoms with Crippen LogP contribution in [-0.4, -0.2) is 23.5 Å². The van der Waals surface area contributed by atoms with Gasteiger partial charge in [-0.3, -0.25) is 9.59 Å². The molecule has 1 N–H and O–H groups in total. The number of rotatable bonds is 7. The summed E-state index contributed by atoms with van der Waals surface area (Å²) in [7, 11) is 0. The molecule has 1 aromatic carbocycles. The number of benzene rings is 1. The van der Waals surface area contributed by atoms with Crippen molar-refractivity contribution in [1.82, 2.24) is 0 Å². The van der Waals surface area contributed by atoms with E-state index < -0.39 is 5.97 Å². The van der Waals surface area contributed by atoms with Crippen LogP contribution in [0.25, 0.3) is 0 Å². The van der Waals surface area contributed by atoms with Crippen LogP contribution in [0.4, 0.5) is 5.69 Å². The fourth-order valence-corrected chi connectivity index (χ4v) is 2.31. The van der Waals surface area contributed by atoms with Gasteiger partial charge in [-0.15, -0.1) is 0 Å². The molecule has 0 saturated carbocycles. The highest BCUT2D eigenvalue weighted by Crippen LogP contribution is 2.27. The van der Waals surface area contributed by atoms with E-state index in [1.54, 1.807) is 4.90 Å². The van der Waals surface area contributed by atoms with Gasteiger partial charge >= 0.3 is 5.97 Å². The normalized spacial score (nSPS) is 10.3. The van der Waals surface area contributed by atoms with Gasteiger partial charge in [0.2, 0.25) is 5.91 Å². The van der Waals surface area contributed by atoms with Crippen molar-refractivity contribution in [3.05, 3.63) is 29.3 Å². The number of hydrogen-bond acceptors (Lipinski definition) is 2. The van der Waals surface area contributed by atoms with Crippen molar-refractivity contribution in [2.45, 2.75) is 46.5 Å². The average Bonchev–Trinajstić information content (AvgIpc) is 2.40. The summed E-state index contributed by atoms with van der Waals surface area (Å²) >= 11 is 0. The molecule has 20 heavy (non-hydrogen) atoms. The Balaban J connectivity index is 3.15. The smallest absolute Gasteiger partial charge is 0.305 e. The van der Waals surface area contributed by atoms with Gasteiger partial charge in [0, 0.05) is 18.7 Å². The number of carboxylic acids is 1. The fraction of sp³-hybridized carbons (Fsp3) is 0.500. The van der Waals surface area contributed by atoms with Crippen molar-refractivity contribution in [2.75, 3.05) is 11.4 Å². The van der Waals surface area contributed by atoms with Crippen molar-refractivity contribution >= 4 is 17.6 Å². The van der Waals surface area contributed by atoms with E-state index in [-0.39, 0.29) is 18.9 Å². The van der Waals surface area contributed by atoms with E-state index in [4.69, 9.17) is 5.11 Å². The van der Waals surface area contributed by atoms with Gasteiger partial charge in [0.05, 0.1) is 6.42 Å². The summed E-state index contributed by atoms with van der Waals surface area (Å²) in [5.74, 6) is -0.885. The maximum absolute atomic E-state index is 12.3. The van der Waals surface area contributed by atoms with Crippen LogP contribution in [0, 0.1) is 6.92 Å². The Hall–Kier alpha value is -1.84. The first kappa shape index (κ1) is 16.2. The van der Waals surface area contributed by atoms with Crippen LogP contribution in [-0.2, 0) is 16.0 Å². The van der Waals surface area contributed by atoms with E-state index in [0.717, 1.165) is 29.7 Å². The Labute approximate surface area is 120 Å². The van der Waals surface area contributed by atoms with Crippen molar-refractivity contribution in [3.63, 3.8) is 0 Å². The van der Waals surface area contributed by atoms with Crippen molar-refractivity contribution in [3.8, 4) is 0 Å². The van der Waals surface area contributed by atoms with Crippen molar-refractivity contribution < 1.29 is 14.7 Å². The molecule has 0 aliphatic carbocycles. The molecule has 0 heterocycles. The van der Waals surface area contributed by atoms with Crippen molar-refractivity contribution in [2.24, 2.45) is 0 Å². The van der Waals surface area contributed by atoms with Crippen LogP contribution in [0.5, 0.6) is 0 Å². The second-order valence-electron chi connectivity index (χ2n) is 4.88. The zero-order valence-electron chi connectivity index (χ0n) is 12.5. The van der Waals surface area contributed by atoms with Gasteiger partial charge in [-0.2, -0.15) is 0 Å². The summed E-state index contributed by atoms with van der Waals surface area (Å²) in [6, 6.07) is 5.92. The van der Waals surface area contributed by atoms with E-state index in [1.165, 1.54) is 0 Å². The van der Waals surface area contributed by atoms with E-state index in [1.807, 2.05) is 39.0 Å². The first-order chi connectivity index (χ1) is 9.51. The van der Waals surface area contributed by atoms with Gasteiger partial charge in [0.15, 0.2) is 0 Å². The van der Waals surface area contributed by atoms with Gasteiger partial charge < -0.3 is 10.0 Å². The van der Waals surface area contributed by atoms with E-state index in [9.17, 15) is 9.59 Å². The lowest BCUT2D eigenvalue weighted by Crippen LogP contribution is -2.34. The largest absolute Gasteiger partial charge is 0.481 e. The Morgan fingerprint density at radius 3 is 2.45 bits per heavy atom. The third kappa shape index (κ3) is 4.08. The standard InChI is InChI=1S/C16H23NO3/c1-4-7-14(18)17(11-10-15(19)20)16-12(3)8-6-9-13(16)5-2/h6,8-9H,4-5,7,10-11H2,1-3H3,(H,19,20). The highest BCUT2D eigenvalue weighted by Gasteiger charge is 2.20. The second-order valence-corrected chi connectivity index (χ2v) is 4.88. The Morgan fingerprint density at radius 2 is 1.90 bits per heavy atom. The quantitative estimate of drug-likeness (QED) is 0.832. The number of aliphatic carboxylic acids is 1. The molecule has 0 unspecified atom stereocenters. The summed E-state index contributed by atoms with van der Waals surface area (Å²) in [6.07, 6.45) is 1.99. The monoisotopic (exact) mass is 277 g/mol. The van der Waals surface area contributed by atoms with E-state index in [0.29, 0.717) is 6.42 Å². The second kappa shape index (κ2) is 7.68. The molecule has 1 amide bonds. The van der Waals surface area contributed by atoms with Crippen molar-refractivity contribution in [1.29, 1.82) is 0 Å². The zero-order valence-corrected chi connectivity index (χ0v) is 12.5. The molecule has 4 heteroatoms. The Morgan fingerprint density at radius 1 is 1.20 bits per heavy atom. The molecular weight excluding hydrogens is 254 g/mol. The third-order valence-electron chi connectivity index (χ3n) is 3.29. The predicted octanol–water partition coefficient (Wildman–Crippen LogP) is 3.17. The van der Waals surface area contributed by atoms with Gasteiger partial charge in [-0.25, -0.2) is 0 Å². The summed E-state index contributed by atoms with van der Waals surface area (Å²) in [6.45, 7) is 6.18. The Bertz CT molecular complexity index is 483. The summed E-state index contributed by atoms with van der Waals surface area (Å²) in [5.41, 5.74) is 2.98. The molecule has 4 nitrogen and oxygen atoms in total. The van der Waals surface area contributed by atoms with Crippen LogP contribution in [0.3, 0.4) is 0 Å². The molecule has 0 spiro atoms. The lowest BCUT2D eigenvalue weighted by Gasteiger charge is -2.26. The zero-order chi connectivity index (χ0) is 15.1. The molecule has 0 atom stereocenters. The molecule has 0 aromatic heterocycles. The number of hydrogen-bond donors (Lipinski definition) is 1. The molecule has 0 saturated heterocycles. The number of amides is 1. The Kier molecular flexibility index (Phi) is 6.22. The SMILES string of the molecule is CCCC(=O)N(CCC(=O)O)c1c(C)cccc1CC. The molecule has 0 bridgehead atoms. The van der Waals surface area contributed by atoms with Gasteiger partial charge in [-0.1, -0.05) is 32.0 Å². The highest BCUT2D eigenvalue weighted by atomic mass is 16.4. The average molecular weight is 277 g/mol. The molecule has 1 rings (SSSR count).